The molecule has 6 rings (SSSR count). The highest BCUT2D eigenvalue weighted by atomic mass is 35.5. The monoisotopic (exact) mass is 477 g/mol. The summed E-state index contributed by atoms with van der Waals surface area (Å²) in [5, 5.41) is 8.74. The normalized spacial score (nSPS) is 16.4. The van der Waals surface area contributed by atoms with Crippen molar-refractivity contribution in [2.45, 2.75) is 12.6 Å². The van der Waals surface area contributed by atoms with Crippen molar-refractivity contribution >= 4 is 29.1 Å². The van der Waals surface area contributed by atoms with E-state index in [1.807, 2.05) is 71.6 Å². The molecular formula is C25H17Cl2N3O3. The van der Waals surface area contributed by atoms with Gasteiger partial charge < -0.3 is 14.4 Å². The Balaban J connectivity index is 1.45. The van der Waals surface area contributed by atoms with Crippen LogP contribution in [-0.4, -0.2) is 27.8 Å². The molecule has 3 aromatic carbocycles. The number of halogens is 2. The average Bonchev–Trinajstić information content (AvgIpc) is 3.52. The number of ether oxygens (including phenoxy) is 2. The van der Waals surface area contributed by atoms with Crippen molar-refractivity contribution in [3.63, 3.8) is 0 Å². The first kappa shape index (κ1) is 20.1. The number of carbonyl (C=O) groups is 1. The molecular weight excluding hydrogens is 461 g/mol. The summed E-state index contributed by atoms with van der Waals surface area (Å²) in [6.45, 7) is 0.598. The number of hydrogen-bond donors (Lipinski definition) is 1. The van der Waals surface area contributed by atoms with Gasteiger partial charge in [0.25, 0.3) is 5.91 Å². The SMILES string of the molecule is O=C1c2[nH]nc(-c3ccc(Cl)cc3)c2C(c2ccc(Cl)cc2)N1Cc1ccc2c(c1)OCO2. The Labute approximate surface area is 199 Å². The lowest BCUT2D eigenvalue weighted by Crippen LogP contribution is -2.29. The number of benzene rings is 3. The van der Waals surface area contributed by atoms with E-state index in [0.717, 1.165) is 27.9 Å². The van der Waals surface area contributed by atoms with Gasteiger partial charge in [-0.05, 0) is 47.5 Å². The molecule has 8 heteroatoms. The van der Waals surface area contributed by atoms with Gasteiger partial charge in [-0.15, -0.1) is 0 Å². The second kappa shape index (κ2) is 7.83. The number of rotatable bonds is 4. The lowest BCUT2D eigenvalue weighted by Gasteiger charge is -2.26. The number of H-pyrrole nitrogens is 1. The third-order valence-corrected chi connectivity index (χ3v) is 6.46. The molecule has 0 radical (unpaired) electrons. The Hall–Kier alpha value is -3.48. The molecule has 1 atom stereocenters. The van der Waals surface area contributed by atoms with Crippen molar-refractivity contribution in [2.24, 2.45) is 0 Å². The minimum Gasteiger partial charge on any atom is -0.454 e. The fourth-order valence-electron chi connectivity index (χ4n) is 4.42. The minimum atomic E-state index is -0.334. The van der Waals surface area contributed by atoms with Gasteiger partial charge in [0.05, 0.1) is 11.7 Å². The van der Waals surface area contributed by atoms with E-state index in [-0.39, 0.29) is 18.7 Å². The maximum atomic E-state index is 13.5. The van der Waals surface area contributed by atoms with E-state index < -0.39 is 0 Å². The molecule has 4 aromatic rings. The Morgan fingerprint density at radius 1 is 0.939 bits per heavy atom. The second-order valence-electron chi connectivity index (χ2n) is 7.94. The van der Waals surface area contributed by atoms with Gasteiger partial charge in [0.15, 0.2) is 11.5 Å². The quantitative estimate of drug-likeness (QED) is 0.399. The topological polar surface area (TPSA) is 67.5 Å². The Kier molecular flexibility index (Phi) is 4.78. The van der Waals surface area contributed by atoms with Crippen LogP contribution in [0.15, 0.2) is 66.7 Å². The van der Waals surface area contributed by atoms with Gasteiger partial charge in [0.1, 0.15) is 5.69 Å². The summed E-state index contributed by atoms with van der Waals surface area (Å²) >= 11 is 12.2. The Morgan fingerprint density at radius 2 is 1.64 bits per heavy atom. The summed E-state index contributed by atoms with van der Waals surface area (Å²) in [5.41, 5.74) is 4.82. The van der Waals surface area contributed by atoms with Gasteiger partial charge in [-0.3, -0.25) is 9.89 Å². The van der Waals surface area contributed by atoms with Crippen LogP contribution in [0.5, 0.6) is 11.5 Å². The van der Waals surface area contributed by atoms with Gasteiger partial charge in [-0.1, -0.05) is 53.5 Å². The van der Waals surface area contributed by atoms with Crippen LogP contribution in [-0.2, 0) is 6.54 Å². The van der Waals surface area contributed by atoms with Crippen LogP contribution in [0.25, 0.3) is 11.3 Å². The van der Waals surface area contributed by atoms with Crippen LogP contribution in [0, 0.1) is 0 Å². The zero-order chi connectivity index (χ0) is 22.5. The zero-order valence-corrected chi connectivity index (χ0v) is 18.7. The van der Waals surface area contributed by atoms with Crippen molar-refractivity contribution in [3.05, 3.63) is 99.2 Å². The van der Waals surface area contributed by atoms with Crippen LogP contribution in [0.1, 0.15) is 33.2 Å². The molecule has 6 nitrogen and oxygen atoms in total. The fraction of sp³-hybridized carbons (Fsp3) is 0.120. The van der Waals surface area contributed by atoms with Crippen LogP contribution in [0.2, 0.25) is 10.0 Å². The van der Waals surface area contributed by atoms with Gasteiger partial charge in [-0.2, -0.15) is 5.10 Å². The highest BCUT2D eigenvalue weighted by molar-refractivity contribution is 6.30. The molecule has 0 saturated carbocycles. The first-order valence-corrected chi connectivity index (χ1v) is 11.1. The summed E-state index contributed by atoms with van der Waals surface area (Å²) in [6, 6.07) is 20.4. The van der Waals surface area contributed by atoms with Crippen LogP contribution < -0.4 is 9.47 Å². The molecule has 3 heterocycles. The number of aromatic nitrogens is 2. The lowest BCUT2D eigenvalue weighted by molar-refractivity contribution is 0.0730. The third kappa shape index (κ3) is 3.43. The third-order valence-electron chi connectivity index (χ3n) is 5.96. The van der Waals surface area contributed by atoms with Gasteiger partial charge in [0.2, 0.25) is 6.79 Å². The average molecular weight is 478 g/mol. The standard InChI is InChI=1S/C25H17Cl2N3O3/c26-17-6-2-15(3-7-17)22-21-23(29-28-22)25(31)30(24(21)16-4-8-18(27)9-5-16)12-14-1-10-19-20(11-14)33-13-32-19/h1-11,24H,12-13H2,(H,28,29). The molecule has 1 amide bonds. The highest BCUT2D eigenvalue weighted by Gasteiger charge is 2.42. The lowest BCUT2D eigenvalue weighted by atomic mass is 9.96. The predicted octanol–water partition coefficient (Wildman–Crippen LogP) is 5.86. The molecule has 0 aliphatic carbocycles. The highest BCUT2D eigenvalue weighted by Crippen LogP contribution is 2.44. The molecule has 33 heavy (non-hydrogen) atoms. The van der Waals surface area contributed by atoms with E-state index in [9.17, 15) is 4.79 Å². The summed E-state index contributed by atoms with van der Waals surface area (Å²) < 4.78 is 10.9. The van der Waals surface area contributed by atoms with Crippen LogP contribution in [0.4, 0.5) is 0 Å². The molecule has 2 aliphatic heterocycles. The minimum absolute atomic E-state index is 0.115. The fourth-order valence-corrected chi connectivity index (χ4v) is 4.67. The van der Waals surface area contributed by atoms with E-state index in [1.165, 1.54) is 0 Å². The largest absolute Gasteiger partial charge is 0.454 e. The van der Waals surface area contributed by atoms with Crippen LogP contribution in [0.3, 0.4) is 0 Å². The number of nitrogens with one attached hydrogen (secondary N) is 1. The maximum Gasteiger partial charge on any atom is 0.273 e. The van der Waals surface area contributed by atoms with E-state index in [2.05, 4.69) is 10.2 Å². The second-order valence-corrected chi connectivity index (χ2v) is 8.82. The van der Waals surface area contributed by atoms with Crippen molar-refractivity contribution < 1.29 is 14.3 Å². The molecule has 0 bridgehead atoms. The predicted molar refractivity (Wildman–Crippen MR) is 125 cm³/mol. The van der Waals surface area contributed by atoms with Gasteiger partial charge in [-0.25, -0.2) is 0 Å². The van der Waals surface area contributed by atoms with Gasteiger partial charge >= 0.3 is 0 Å². The first-order chi connectivity index (χ1) is 16.1. The van der Waals surface area contributed by atoms with Crippen LogP contribution >= 0.6 is 23.2 Å². The summed E-state index contributed by atoms with van der Waals surface area (Å²) in [4.78, 5) is 15.4. The Bertz CT molecular complexity index is 1370. The molecule has 1 aromatic heterocycles. The van der Waals surface area contributed by atoms with E-state index >= 15 is 0 Å². The molecule has 1 unspecified atom stereocenters. The number of amides is 1. The first-order valence-electron chi connectivity index (χ1n) is 10.4. The summed E-state index contributed by atoms with van der Waals surface area (Å²) in [5.74, 6) is 1.28. The van der Waals surface area contributed by atoms with Crippen molar-refractivity contribution in [2.75, 3.05) is 6.79 Å². The molecule has 2 aliphatic rings. The molecule has 0 spiro atoms. The number of aromatic amines is 1. The summed E-state index contributed by atoms with van der Waals surface area (Å²) in [7, 11) is 0. The Morgan fingerprint density at radius 3 is 2.39 bits per heavy atom. The van der Waals surface area contributed by atoms with Crippen molar-refractivity contribution in [1.82, 2.24) is 15.1 Å². The molecule has 164 valence electrons. The van der Waals surface area contributed by atoms with E-state index in [1.54, 1.807) is 0 Å². The summed E-state index contributed by atoms with van der Waals surface area (Å²) in [6.07, 6.45) is 0. The molecule has 0 saturated heterocycles. The molecule has 0 fully saturated rings. The number of hydrogen-bond acceptors (Lipinski definition) is 4. The maximum absolute atomic E-state index is 13.5. The van der Waals surface area contributed by atoms with Crippen molar-refractivity contribution in [3.8, 4) is 22.8 Å². The molecule has 1 N–H and O–H groups in total. The van der Waals surface area contributed by atoms with E-state index in [4.69, 9.17) is 32.7 Å². The number of fused-ring (bicyclic) bond motifs is 2. The van der Waals surface area contributed by atoms with Crippen molar-refractivity contribution in [1.29, 1.82) is 0 Å². The van der Waals surface area contributed by atoms with Gasteiger partial charge in [0, 0.05) is 27.7 Å². The smallest absolute Gasteiger partial charge is 0.273 e. The number of carbonyl (C=O) groups excluding carboxylic acids is 1. The number of nitrogens with zero attached hydrogens (tertiary/aromatic N) is 2. The zero-order valence-electron chi connectivity index (χ0n) is 17.2. The van der Waals surface area contributed by atoms with E-state index in [0.29, 0.717) is 33.8 Å².